The van der Waals surface area contributed by atoms with Crippen molar-refractivity contribution >= 4 is 22.7 Å². The molecule has 2 rings (SSSR count). The number of hydrogen-bond acceptors (Lipinski definition) is 6. The quantitative estimate of drug-likeness (QED) is 0.316. The monoisotopic (exact) mass is 440 g/mol. The third kappa shape index (κ3) is 6.61. The van der Waals surface area contributed by atoms with E-state index in [1.807, 2.05) is 51.1 Å². The first kappa shape index (κ1) is 25.0. The minimum atomic E-state index is -0.467. The fraction of sp³-hybridized carbons (Fsp3) is 0.385. The fourth-order valence-electron chi connectivity index (χ4n) is 3.18. The maximum Gasteiger partial charge on any atom is 0.330 e. The SMILES string of the molecule is C=CC(=O)OC(CC)COc1cc(CC)c(OCC(CC)OC(=O)C=C)c2ccccc12. The van der Waals surface area contributed by atoms with Gasteiger partial charge in [-0.3, -0.25) is 0 Å². The van der Waals surface area contributed by atoms with Gasteiger partial charge in [0.05, 0.1) is 0 Å². The molecule has 0 saturated heterocycles. The first-order valence-electron chi connectivity index (χ1n) is 10.9. The van der Waals surface area contributed by atoms with Gasteiger partial charge in [-0.15, -0.1) is 0 Å². The summed E-state index contributed by atoms with van der Waals surface area (Å²) in [6, 6.07) is 9.76. The van der Waals surface area contributed by atoms with E-state index in [0.717, 1.165) is 40.7 Å². The molecule has 172 valence electrons. The van der Waals surface area contributed by atoms with Crippen molar-refractivity contribution in [3.8, 4) is 11.5 Å². The Hall–Kier alpha value is -3.28. The molecule has 2 atom stereocenters. The number of esters is 2. The molecule has 0 heterocycles. The first-order chi connectivity index (χ1) is 15.5. The van der Waals surface area contributed by atoms with Gasteiger partial charge in [0.25, 0.3) is 0 Å². The molecule has 0 bridgehead atoms. The number of aryl methyl sites for hydroxylation is 1. The predicted molar refractivity (Wildman–Crippen MR) is 125 cm³/mol. The summed E-state index contributed by atoms with van der Waals surface area (Å²) in [5.41, 5.74) is 0.972. The third-order valence-corrected chi connectivity index (χ3v) is 5.06. The highest BCUT2D eigenvalue weighted by Crippen LogP contribution is 2.37. The van der Waals surface area contributed by atoms with Crippen molar-refractivity contribution < 1.29 is 28.5 Å². The van der Waals surface area contributed by atoms with E-state index in [2.05, 4.69) is 13.2 Å². The topological polar surface area (TPSA) is 71.1 Å². The fourth-order valence-corrected chi connectivity index (χ4v) is 3.18. The van der Waals surface area contributed by atoms with Gasteiger partial charge in [0.1, 0.15) is 36.9 Å². The zero-order chi connectivity index (χ0) is 23.5. The minimum Gasteiger partial charge on any atom is -0.489 e. The number of rotatable bonds is 13. The Balaban J connectivity index is 2.29. The van der Waals surface area contributed by atoms with Gasteiger partial charge in [-0.2, -0.15) is 0 Å². The average molecular weight is 441 g/mol. The van der Waals surface area contributed by atoms with Crippen LogP contribution in [0, 0.1) is 0 Å². The lowest BCUT2D eigenvalue weighted by Crippen LogP contribution is -2.24. The summed E-state index contributed by atoms with van der Waals surface area (Å²) in [5, 5.41) is 1.80. The number of ether oxygens (including phenoxy) is 4. The second-order valence-corrected chi connectivity index (χ2v) is 7.23. The van der Waals surface area contributed by atoms with E-state index in [0.29, 0.717) is 18.6 Å². The number of fused-ring (bicyclic) bond motifs is 1. The van der Waals surface area contributed by atoms with Crippen LogP contribution in [-0.2, 0) is 25.5 Å². The molecule has 0 amide bonds. The summed E-state index contributed by atoms with van der Waals surface area (Å²) in [4.78, 5) is 23.1. The molecular weight excluding hydrogens is 408 g/mol. The maximum atomic E-state index is 11.6. The smallest absolute Gasteiger partial charge is 0.330 e. The largest absolute Gasteiger partial charge is 0.489 e. The normalized spacial score (nSPS) is 12.5. The van der Waals surface area contributed by atoms with E-state index in [4.69, 9.17) is 18.9 Å². The molecule has 6 nitrogen and oxygen atoms in total. The van der Waals surface area contributed by atoms with Crippen molar-refractivity contribution in [3.63, 3.8) is 0 Å². The average Bonchev–Trinajstić information content (AvgIpc) is 2.83. The van der Waals surface area contributed by atoms with E-state index < -0.39 is 11.9 Å². The number of carbonyl (C=O) groups is 2. The van der Waals surface area contributed by atoms with Crippen LogP contribution in [-0.4, -0.2) is 37.4 Å². The highest BCUT2D eigenvalue weighted by molar-refractivity contribution is 5.94. The van der Waals surface area contributed by atoms with Gasteiger partial charge in [-0.1, -0.05) is 58.2 Å². The highest BCUT2D eigenvalue weighted by Gasteiger charge is 2.18. The summed E-state index contributed by atoms with van der Waals surface area (Å²) in [6.45, 7) is 13.3. The molecule has 0 aliphatic rings. The van der Waals surface area contributed by atoms with Crippen molar-refractivity contribution in [2.75, 3.05) is 13.2 Å². The highest BCUT2D eigenvalue weighted by atomic mass is 16.6. The van der Waals surface area contributed by atoms with Crippen LogP contribution in [0.5, 0.6) is 11.5 Å². The number of carbonyl (C=O) groups excluding carboxylic acids is 2. The Morgan fingerprint density at radius 1 is 0.875 bits per heavy atom. The second-order valence-electron chi connectivity index (χ2n) is 7.23. The van der Waals surface area contributed by atoms with Gasteiger partial charge >= 0.3 is 11.9 Å². The molecule has 32 heavy (non-hydrogen) atoms. The lowest BCUT2D eigenvalue weighted by atomic mass is 10.0. The van der Waals surface area contributed by atoms with E-state index in [1.165, 1.54) is 0 Å². The minimum absolute atomic E-state index is 0.235. The zero-order valence-corrected chi connectivity index (χ0v) is 19.1. The lowest BCUT2D eigenvalue weighted by molar-refractivity contribution is -0.145. The molecule has 0 saturated carbocycles. The second kappa shape index (κ2) is 12.5. The molecule has 0 radical (unpaired) electrons. The van der Waals surface area contributed by atoms with Gasteiger partial charge in [-0.25, -0.2) is 9.59 Å². The van der Waals surface area contributed by atoms with E-state index in [1.54, 1.807) is 0 Å². The Morgan fingerprint density at radius 3 is 1.91 bits per heavy atom. The lowest BCUT2D eigenvalue weighted by Gasteiger charge is -2.21. The summed E-state index contributed by atoms with van der Waals surface area (Å²) < 4.78 is 22.9. The van der Waals surface area contributed by atoms with Crippen LogP contribution in [0.2, 0.25) is 0 Å². The van der Waals surface area contributed by atoms with Crippen molar-refractivity contribution in [2.45, 2.75) is 52.2 Å². The molecule has 0 spiro atoms. The van der Waals surface area contributed by atoms with Crippen LogP contribution < -0.4 is 9.47 Å². The molecule has 0 fully saturated rings. The number of benzene rings is 2. The van der Waals surface area contributed by atoms with Crippen molar-refractivity contribution in [1.29, 1.82) is 0 Å². The Labute approximate surface area is 189 Å². The summed E-state index contributed by atoms with van der Waals surface area (Å²) in [5.74, 6) is 0.509. The Bertz CT molecular complexity index is 949. The van der Waals surface area contributed by atoms with E-state index in [-0.39, 0.29) is 25.4 Å². The van der Waals surface area contributed by atoms with Gasteiger partial charge in [-0.05, 0) is 30.9 Å². The Morgan fingerprint density at radius 2 is 1.41 bits per heavy atom. The summed E-state index contributed by atoms with van der Waals surface area (Å²) >= 11 is 0. The van der Waals surface area contributed by atoms with Crippen LogP contribution >= 0.6 is 0 Å². The van der Waals surface area contributed by atoms with Gasteiger partial charge < -0.3 is 18.9 Å². The predicted octanol–water partition coefficient (Wildman–Crippen LogP) is 5.18. The summed E-state index contributed by atoms with van der Waals surface area (Å²) in [7, 11) is 0. The molecule has 0 aliphatic carbocycles. The molecule has 6 heteroatoms. The van der Waals surface area contributed by atoms with Crippen LogP contribution in [0.25, 0.3) is 10.8 Å². The molecular formula is C26H32O6. The first-order valence-corrected chi connectivity index (χ1v) is 10.9. The standard InChI is InChI=1S/C26H32O6/c1-6-18-15-23(29-16-19(7-2)31-24(27)9-4)21-13-11-12-14-22(21)26(18)30-17-20(8-3)32-25(28)10-5/h9-15,19-20H,4-8,16-17H2,1-3H3. The van der Waals surface area contributed by atoms with Gasteiger partial charge in [0.2, 0.25) is 0 Å². The molecule has 0 aliphatic heterocycles. The molecule has 2 unspecified atom stereocenters. The maximum absolute atomic E-state index is 11.6. The van der Waals surface area contributed by atoms with E-state index >= 15 is 0 Å². The zero-order valence-electron chi connectivity index (χ0n) is 19.1. The van der Waals surface area contributed by atoms with Gasteiger partial charge in [0, 0.05) is 22.9 Å². The van der Waals surface area contributed by atoms with Crippen molar-refractivity contribution in [3.05, 3.63) is 61.2 Å². The number of hydrogen-bond donors (Lipinski definition) is 0. The van der Waals surface area contributed by atoms with Crippen molar-refractivity contribution in [2.24, 2.45) is 0 Å². The van der Waals surface area contributed by atoms with Crippen molar-refractivity contribution in [1.82, 2.24) is 0 Å². The molecule has 2 aromatic carbocycles. The van der Waals surface area contributed by atoms with Crippen LogP contribution in [0.15, 0.2) is 55.6 Å². The van der Waals surface area contributed by atoms with Crippen LogP contribution in [0.4, 0.5) is 0 Å². The summed E-state index contributed by atoms with van der Waals surface area (Å²) in [6.07, 6.45) is 3.54. The third-order valence-electron chi connectivity index (χ3n) is 5.06. The molecule has 0 aromatic heterocycles. The van der Waals surface area contributed by atoms with E-state index in [9.17, 15) is 9.59 Å². The molecule has 0 N–H and O–H groups in total. The molecule has 2 aromatic rings. The Kier molecular flexibility index (Phi) is 9.79. The van der Waals surface area contributed by atoms with Crippen LogP contribution in [0.1, 0.15) is 39.2 Å². The van der Waals surface area contributed by atoms with Crippen LogP contribution in [0.3, 0.4) is 0 Å². The van der Waals surface area contributed by atoms with Gasteiger partial charge in [0.15, 0.2) is 0 Å².